The topological polar surface area (TPSA) is 15.3 Å². The molecule has 2 nitrogen and oxygen atoms in total. The van der Waals surface area contributed by atoms with Gasteiger partial charge in [-0.15, -0.1) is 11.3 Å². The lowest BCUT2D eigenvalue weighted by Crippen LogP contribution is -2.43. The van der Waals surface area contributed by atoms with Gasteiger partial charge in [0.15, 0.2) is 0 Å². The van der Waals surface area contributed by atoms with Crippen LogP contribution in [0.25, 0.3) is 0 Å². The molecule has 2 fully saturated rings. The normalized spacial score (nSPS) is 31.8. The SMILES string of the molecule is CC(Cc1cccs1)N(C)CC1NCC2CCCC21. The number of nitrogens with one attached hydrogen (secondary N) is 1. The largest absolute Gasteiger partial charge is 0.312 e. The summed E-state index contributed by atoms with van der Waals surface area (Å²) in [5.41, 5.74) is 0. The summed E-state index contributed by atoms with van der Waals surface area (Å²) in [6, 6.07) is 5.80. The highest BCUT2D eigenvalue weighted by Gasteiger charge is 2.39. The first kappa shape index (κ1) is 13.6. The van der Waals surface area contributed by atoms with E-state index in [1.807, 2.05) is 11.3 Å². The summed E-state index contributed by atoms with van der Waals surface area (Å²) in [6.45, 7) is 4.84. The summed E-state index contributed by atoms with van der Waals surface area (Å²) >= 11 is 1.88. The second-order valence-corrected chi connectivity index (χ2v) is 7.47. The molecule has 1 N–H and O–H groups in total. The monoisotopic (exact) mass is 278 g/mol. The predicted octanol–water partition coefficient (Wildman–Crippen LogP) is 3.00. The van der Waals surface area contributed by atoms with Gasteiger partial charge >= 0.3 is 0 Å². The van der Waals surface area contributed by atoms with Gasteiger partial charge in [0.1, 0.15) is 0 Å². The van der Waals surface area contributed by atoms with Crippen molar-refractivity contribution in [3.63, 3.8) is 0 Å². The van der Waals surface area contributed by atoms with E-state index in [1.54, 1.807) is 0 Å². The third-order valence-corrected chi connectivity index (χ3v) is 6.09. The molecular weight excluding hydrogens is 252 g/mol. The van der Waals surface area contributed by atoms with Crippen LogP contribution in [0.5, 0.6) is 0 Å². The lowest BCUT2D eigenvalue weighted by molar-refractivity contribution is 0.214. The molecular formula is C16H26N2S. The molecule has 2 aliphatic rings. The van der Waals surface area contributed by atoms with E-state index < -0.39 is 0 Å². The van der Waals surface area contributed by atoms with Crippen molar-refractivity contribution in [1.29, 1.82) is 0 Å². The van der Waals surface area contributed by atoms with Gasteiger partial charge in [0.2, 0.25) is 0 Å². The van der Waals surface area contributed by atoms with E-state index in [9.17, 15) is 0 Å². The molecule has 4 atom stereocenters. The summed E-state index contributed by atoms with van der Waals surface area (Å²) in [4.78, 5) is 4.07. The van der Waals surface area contributed by atoms with E-state index in [0.717, 1.165) is 17.9 Å². The molecule has 4 unspecified atom stereocenters. The summed E-state index contributed by atoms with van der Waals surface area (Å²) in [6.07, 6.45) is 5.56. The molecule has 0 spiro atoms. The summed E-state index contributed by atoms with van der Waals surface area (Å²) in [7, 11) is 2.29. The van der Waals surface area contributed by atoms with Crippen molar-refractivity contribution in [2.45, 2.75) is 44.7 Å². The van der Waals surface area contributed by atoms with E-state index in [1.165, 1.54) is 43.6 Å². The molecule has 1 aromatic rings. The molecule has 1 aliphatic heterocycles. The minimum atomic E-state index is 0.640. The fourth-order valence-corrected chi connectivity index (χ4v) is 4.70. The maximum atomic E-state index is 3.76. The van der Waals surface area contributed by atoms with Crippen LogP contribution in [0.15, 0.2) is 17.5 Å². The fraction of sp³-hybridized carbons (Fsp3) is 0.750. The molecule has 3 rings (SSSR count). The number of nitrogens with zero attached hydrogens (tertiary/aromatic N) is 1. The van der Waals surface area contributed by atoms with E-state index in [0.29, 0.717) is 6.04 Å². The number of hydrogen-bond acceptors (Lipinski definition) is 3. The van der Waals surface area contributed by atoms with Crippen LogP contribution in [-0.4, -0.2) is 37.1 Å². The molecule has 0 amide bonds. The van der Waals surface area contributed by atoms with Crippen molar-refractivity contribution in [3.05, 3.63) is 22.4 Å². The number of rotatable bonds is 5. The molecule has 1 aliphatic carbocycles. The second kappa shape index (κ2) is 5.94. The van der Waals surface area contributed by atoms with Gasteiger partial charge in [0, 0.05) is 23.5 Å². The van der Waals surface area contributed by atoms with Gasteiger partial charge in [-0.3, -0.25) is 0 Å². The van der Waals surface area contributed by atoms with Crippen LogP contribution in [0.3, 0.4) is 0 Å². The quantitative estimate of drug-likeness (QED) is 0.891. The van der Waals surface area contributed by atoms with Crippen LogP contribution >= 0.6 is 11.3 Å². The summed E-state index contributed by atoms with van der Waals surface area (Å²) in [5.74, 6) is 1.93. The molecule has 1 aromatic heterocycles. The second-order valence-electron chi connectivity index (χ2n) is 6.44. The van der Waals surface area contributed by atoms with Crippen LogP contribution in [0.1, 0.15) is 31.1 Å². The molecule has 0 bridgehead atoms. The Morgan fingerprint density at radius 3 is 3.16 bits per heavy atom. The van der Waals surface area contributed by atoms with Crippen LogP contribution in [0.2, 0.25) is 0 Å². The van der Waals surface area contributed by atoms with Gasteiger partial charge in [-0.2, -0.15) is 0 Å². The third kappa shape index (κ3) is 3.04. The van der Waals surface area contributed by atoms with Crippen LogP contribution in [0.4, 0.5) is 0 Å². The Hall–Kier alpha value is -0.380. The standard InChI is InChI=1S/C16H26N2S/c1-12(9-14-6-4-8-19-14)18(2)11-16-15-7-3-5-13(15)10-17-16/h4,6,8,12-13,15-17H,3,5,7,9-11H2,1-2H3. The molecule has 0 aromatic carbocycles. The Kier molecular flexibility index (Phi) is 4.25. The van der Waals surface area contributed by atoms with Gasteiger partial charge in [-0.05, 0) is 63.1 Å². The van der Waals surface area contributed by atoms with Crippen molar-refractivity contribution < 1.29 is 0 Å². The summed E-state index contributed by atoms with van der Waals surface area (Å²) in [5, 5.41) is 5.95. The molecule has 0 radical (unpaired) electrons. The zero-order valence-corrected chi connectivity index (χ0v) is 13.0. The van der Waals surface area contributed by atoms with Crippen molar-refractivity contribution >= 4 is 11.3 Å². The third-order valence-electron chi connectivity index (χ3n) is 5.19. The van der Waals surface area contributed by atoms with Gasteiger partial charge in [-0.1, -0.05) is 12.5 Å². The first-order valence-corrected chi connectivity index (χ1v) is 8.58. The highest BCUT2D eigenvalue weighted by Crippen LogP contribution is 2.37. The average Bonchev–Trinajstić information content (AvgIpc) is 3.07. The average molecular weight is 278 g/mol. The minimum absolute atomic E-state index is 0.640. The van der Waals surface area contributed by atoms with E-state index in [-0.39, 0.29) is 0 Å². The van der Waals surface area contributed by atoms with Crippen molar-refractivity contribution in [2.75, 3.05) is 20.1 Å². The zero-order chi connectivity index (χ0) is 13.2. The lowest BCUT2D eigenvalue weighted by atomic mass is 9.93. The highest BCUT2D eigenvalue weighted by atomic mass is 32.1. The Labute approximate surface area is 121 Å². The molecule has 3 heteroatoms. The van der Waals surface area contributed by atoms with Gasteiger partial charge in [0.25, 0.3) is 0 Å². The van der Waals surface area contributed by atoms with E-state index in [4.69, 9.17) is 0 Å². The predicted molar refractivity (Wildman–Crippen MR) is 82.7 cm³/mol. The van der Waals surface area contributed by atoms with Crippen molar-refractivity contribution in [2.24, 2.45) is 11.8 Å². The molecule has 106 valence electrons. The fourth-order valence-electron chi connectivity index (χ4n) is 3.87. The minimum Gasteiger partial charge on any atom is -0.312 e. The molecule has 2 heterocycles. The molecule has 19 heavy (non-hydrogen) atoms. The summed E-state index contributed by atoms with van der Waals surface area (Å²) < 4.78 is 0. The van der Waals surface area contributed by atoms with Gasteiger partial charge in [-0.25, -0.2) is 0 Å². The van der Waals surface area contributed by atoms with Crippen LogP contribution in [0, 0.1) is 11.8 Å². The van der Waals surface area contributed by atoms with E-state index in [2.05, 4.69) is 41.7 Å². The van der Waals surface area contributed by atoms with Crippen molar-refractivity contribution in [3.8, 4) is 0 Å². The maximum Gasteiger partial charge on any atom is 0.0226 e. The van der Waals surface area contributed by atoms with Crippen LogP contribution in [-0.2, 0) is 6.42 Å². The maximum absolute atomic E-state index is 3.76. The van der Waals surface area contributed by atoms with Crippen molar-refractivity contribution in [1.82, 2.24) is 10.2 Å². The zero-order valence-electron chi connectivity index (χ0n) is 12.1. The number of hydrogen-bond donors (Lipinski definition) is 1. The Morgan fingerprint density at radius 2 is 2.37 bits per heavy atom. The van der Waals surface area contributed by atoms with Gasteiger partial charge < -0.3 is 10.2 Å². The lowest BCUT2D eigenvalue weighted by Gasteiger charge is -2.29. The Morgan fingerprint density at radius 1 is 1.47 bits per heavy atom. The first-order chi connectivity index (χ1) is 9.24. The number of thiophene rings is 1. The highest BCUT2D eigenvalue weighted by molar-refractivity contribution is 7.09. The number of likely N-dealkylation sites (N-methyl/N-ethyl adjacent to an activating group) is 1. The smallest absolute Gasteiger partial charge is 0.0226 e. The molecule has 1 saturated carbocycles. The van der Waals surface area contributed by atoms with Gasteiger partial charge in [0.05, 0.1) is 0 Å². The van der Waals surface area contributed by atoms with E-state index >= 15 is 0 Å². The first-order valence-electron chi connectivity index (χ1n) is 7.70. The van der Waals surface area contributed by atoms with Crippen LogP contribution < -0.4 is 5.32 Å². The Balaban J connectivity index is 1.51. The number of fused-ring (bicyclic) bond motifs is 1. The molecule has 1 saturated heterocycles. The Bertz CT molecular complexity index is 389.